The Morgan fingerprint density at radius 2 is 1.40 bits per heavy atom. The first-order valence-corrected chi connectivity index (χ1v) is 15.1. The number of rotatable bonds is 16. The van der Waals surface area contributed by atoms with Gasteiger partial charge in [-0.05, 0) is 59.5 Å². The van der Waals surface area contributed by atoms with Gasteiger partial charge in [-0.2, -0.15) is 0 Å². The molecular weight excluding hydrogens is 524 g/mol. The standard InChI is InChI=1S/C36H42N2O4/c1-2-7-29(8-3-1)26-39-22-6-23-41-34-16-14-32(15-17-34)35-18-21-37-25-36(35)42-28-31-12-10-30(11-13-31)27-40-24-19-33-9-4-5-20-38-33/h1-5,7-17,20,35-37H,6,18-19,21-28H2. The minimum absolute atomic E-state index is 0.127. The lowest BCUT2D eigenvalue weighted by Gasteiger charge is -2.32. The summed E-state index contributed by atoms with van der Waals surface area (Å²) < 4.78 is 24.0. The molecule has 0 bridgehead atoms. The Morgan fingerprint density at radius 1 is 0.690 bits per heavy atom. The van der Waals surface area contributed by atoms with Gasteiger partial charge in [-0.3, -0.25) is 4.98 Å². The Hall–Kier alpha value is -3.55. The summed E-state index contributed by atoms with van der Waals surface area (Å²) in [7, 11) is 0. The monoisotopic (exact) mass is 566 g/mol. The van der Waals surface area contributed by atoms with Gasteiger partial charge >= 0.3 is 0 Å². The number of nitrogens with one attached hydrogen (secondary N) is 1. The summed E-state index contributed by atoms with van der Waals surface area (Å²) in [5.41, 5.74) is 5.90. The minimum atomic E-state index is 0.127. The third kappa shape index (κ3) is 9.78. The lowest BCUT2D eigenvalue weighted by atomic mass is 9.87. The van der Waals surface area contributed by atoms with Crippen LogP contribution in [-0.4, -0.2) is 44.0 Å². The van der Waals surface area contributed by atoms with E-state index < -0.39 is 0 Å². The molecule has 6 heteroatoms. The average molecular weight is 567 g/mol. The van der Waals surface area contributed by atoms with Gasteiger partial charge in [-0.15, -0.1) is 0 Å². The van der Waals surface area contributed by atoms with Crippen molar-refractivity contribution in [2.75, 3.05) is 32.9 Å². The van der Waals surface area contributed by atoms with Crippen LogP contribution in [0.1, 0.15) is 46.7 Å². The topological polar surface area (TPSA) is 61.8 Å². The fourth-order valence-corrected chi connectivity index (χ4v) is 5.16. The van der Waals surface area contributed by atoms with Crippen molar-refractivity contribution >= 4 is 0 Å². The highest BCUT2D eigenvalue weighted by Gasteiger charge is 2.27. The molecule has 0 radical (unpaired) electrons. The van der Waals surface area contributed by atoms with Gasteiger partial charge in [0.1, 0.15) is 5.75 Å². The van der Waals surface area contributed by atoms with Crippen molar-refractivity contribution in [1.29, 1.82) is 0 Å². The van der Waals surface area contributed by atoms with Gasteiger partial charge < -0.3 is 24.3 Å². The first kappa shape index (κ1) is 29.9. The Labute approximate surface area is 250 Å². The number of hydrogen-bond acceptors (Lipinski definition) is 6. The molecule has 2 heterocycles. The van der Waals surface area contributed by atoms with Gasteiger partial charge in [0.05, 0.1) is 45.7 Å². The molecule has 2 atom stereocenters. The second-order valence-electron chi connectivity index (χ2n) is 10.7. The van der Waals surface area contributed by atoms with Gasteiger partial charge in [-0.1, -0.05) is 72.8 Å². The van der Waals surface area contributed by atoms with Crippen LogP contribution in [0.25, 0.3) is 0 Å². The lowest BCUT2D eigenvalue weighted by Crippen LogP contribution is -2.40. The Bertz CT molecular complexity index is 1280. The van der Waals surface area contributed by atoms with Gasteiger partial charge in [0.15, 0.2) is 0 Å². The van der Waals surface area contributed by atoms with Gasteiger partial charge in [0.2, 0.25) is 0 Å². The summed E-state index contributed by atoms with van der Waals surface area (Å²) in [4.78, 5) is 4.34. The first-order chi connectivity index (χ1) is 20.8. The van der Waals surface area contributed by atoms with E-state index in [1.165, 1.54) is 22.3 Å². The summed E-state index contributed by atoms with van der Waals surface area (Å²) in [5.74, 6) is 1.26. The second kappa shape index (κ2) is 16.8. The molecule has 1 aliphatic rings. The van der Waals surface area contributed by atoms with E-state index >= 15 is 0 Å². The van der Waals surface area contributed by atoms with Gasteiger partial charge in [-0.25, -0.2) is 0 Å². The normalized spacial score (nSPS) is 16.8. The summed E-state index contributed by atoms with van der Waals surface area (Å²) >= 11 is 0. The Kier molecular flexibility index (Phi) is 12.0. The van der Waals surface area contributed by atoms with Crippen LogP contribution in [0.5, 0.6) is 5.75 Å². The predicted octanol–water partition coefficient (Wildman–Crippen LogP) is 6.49. The Morgan fingerprint density at radius 3 is 2.17 bits per heavy atom. The molecule has 5 rings (SSSR count). The molecule has 1 saturated heterocycles. The molecule has 4 aromatic rings. The molecule has 6 nitrogen and oxygen atoms in total. The molecule has 0 amide bonds. The number of piperidine rings is 1. The number of benzene rings is 3. The lowest BCUT2D eigenvalue weighted by molar-refractivity contribution is 0.0106. The summed E-state index contributed by atoms with van der Waals surface area (Å²) in [6, 6.07) is 33.3. The molecule has 0 aliphatic carbocycles. The number of pyridine rings is 1. The van der Waals surface area contributed by atoms with Crippen molar-refractivity contribution in [1.82, 2.24) is 10.3 Å². The predicted molar refractivity (Wildman–Crippen MR) is 165 cm³/mol. The number of ether oxygens (including phenoxy) is 4. The highest BCUT2D eigenvalue weighted by Crippen LogP contribution is 2.30. The molecule has 3 aromatic carbocycles. The van der Waals surface area contributed by atoms with Crippen molar-refractivity contribution in [2.45, 2.75) is 51.1 Å². The largest absolute Gasteiger partial charge is 0.494 e. The van der Waals surface area contributed by atoms with E-state index in [4.69, 9.17) is 18.9 Å². The van der Waals surface area contributed by atoms with Crippen LogP contribution in [0.2, 0.25) is 0 Å². The van der Waals surface area contributed by atoms with E-state index in [0.717, 1.165) is 43.8 Å². The maximum atomic E-state index is 6.44. The molecule has 1 aromatic heterocycles. The van der Waals surface area contributed by atoms with Crippen LogP contribution in [-0.2, 0) is 40.5 Å². The van der Waals surface area contributed by atoms with Crippen LogP contribution in [0.3, 0.4) is 0 Å². The number of hydrogen-bond donors (Lipinski definition) is 1. The third-order valence-corrected chi connectivity index (χ3v) is 7.53. The smallest absolute Gasteiger partial charge is 0.119 e. The quantitative estimate of drug-likeness (QED) is 0.157. The fraction of sp³-hybridized carbons (Fsp3) is 0.361. The van der Waals surface area contributed by atoms with E-state index in [1.807, 2.05) is 42.6 Å². The highest BCUT2D eigenvalue weighted by atomic mass is 16.5. The number of nitrogens with zero attached hydrogens (tertiary/aromatic N) is 1. The van der Waals surface area contributed by atoms with Crippen molar-refractivity contribution < 1.29 is 18.9 Å². The molecule has 0 spiro atoms. The second-order valence-corrected chi connectivity index (χ2v) is 10.7. The van der Waals surface area contributed by atoms with Crippen LogP contribution in [0.4, 0.5) is 0 Å². The van der Waals surface area contributed by atoms with Crippen molar-refractivity contribution in [3.63, 3.8) is 0 Å². The highest BCUT2D eigenvalue weighted by molar-refractivity contribution is 5.31. The zero-order chi connectivity index (χ0) is 28.7. The maximum Gasteiger partial charge on any atom is 0.119 e. The van der Waals surface area contributed by atoms with Crippen LogP contribution in [0, 0.1) is 0 Å². The molecular formula is C36H42N2O4. The third-order valence-electron chi connectivity index (χ3n) is 7.53. The van der Waals surface area contributed by atoms with E-state index in [-0.39, 0.29) is 6.10 Å². The first-order valence-electron chi connectivity index (χ1n) is 15.1. The molecule has 1 aliphatic heterocycles. The molecule has 1 fully saturated rings. The maximum absolute atomic E-state index is 6.44. The molecule has 220 valence electrons. The van der Waals surface area contributed by atoms with Crippen LogP contribution < -0.4 is 10.1 Å². The van der Waals surface area contributed by atoms with Gasteiger partial charge in [0, 0.05) is 37.2 Å². The van der Waals surface area contributed by atoms with E-state index in [1.54, 1.807) is 0 Å². The van der Waals surface area contributed by atoms with Crippen molar-refractivity contribution in [3.05, 3.63) is 131 Å². The SMILES string of the molecule is c1ccc(COCCCOc2ccc(C3CCNCC3OCc3ccc(COCCc4ccccn4)cc3)cc2)cc1. The van der Waals surface area contributed by atoms with Gasteiger partial charge in [0.25, 0.3) is 0 Å². The molecule has 1 N–H and O–H groups in total. The zero-order valence-electron chi connectivity index (χ0n) is 24.3. The summed E-state index contributed by atoms with van der Waals surface area (Å²) in [5, 5.41) is 3.50. The van der Waals surface area contributed by atoms with Crippen molar-refractivity contribution in [2.24, 2.45) is 0 Å². The molecule has 2 unspecified atom stereocenters. The minimum Gasteiger partial charge on any atom is -0.494 e. The van der Waals surface area contributed by atoms with E-state index in [2.05, 4.69) is 71.0 Å². The van der Waals surface area contributed by atoms with E-state index in [0.29, 0.717) is 45.6 Å². The van der Waals surface area contributed by atoms with Crippen LogP contribution >= 0.6 is 0 Å². The molecule has 42 heavy (non-hydrogen) atoms. The van der Waals surface area contributed by atoms with Crippen LogP contribution in [0.15, 0.2) is 103 Å². The zero-order valence-corrected chi connectivity index (χ0v) is 24.3. The Balaban J connectivity index is 1.01. The van der Waals surface area contributed by atoms with E-state index in [9.17, 15) is 0 Å². The molecule has 0 saturated carbocycles. The summed E-state index contributed by atoms with van der Waals surface area (Å²) in [6.07, 6.45) is 4.68. The number of aromatic nitrogens is 1. The van der Waals surface area contributed by atoms with Crippen molar-refractivity contribution in [3.8, 4) is 5.75 Å². The summed E-state index contributed by atoms with van der Waals surface area (Å²) in [6.45, 7) is 5.68. The fourth-order valence-electron chi connectivity index (χ4n) is 5.16. The average Bonchev–Trinajstić information content (AvgIpc) is 3.06.